The van der Waals surface area contributed by atoms with E-state index in [1.807, 2.05) is 6.92 Å². The molecule has 5 heteroatoms. The summed E-state index contributed by atoms with van der Waals surface area (Å²) in [7, 11) is 0. The van der Waals surface area contributed by atoms with Crippen molar-refractivity contribution in [2.75, 3.05) is 30.9 Å². The fourth-order valence-electron chi connectivity index (χ4n) is 2.59. The molecule has 0 saturated carbocycles. The summed E-state index contributed by atoms with van der Waals surface area (Å²) in [6.07, 6.45) is 2.07. The third-order valence-electron chi connectivity index (χ3n) is 3.40. The molecule has 1 aliphatic rings. The highest BCUT2D eigenvalue weighted by Crippen LogP contribution is 2.31. The summed E-state index contributed by atoms with van der Waals surface area (Å²) in [5.74, 6) is 0. The SMILES string of the molecule is CSc1cccc(N2CC(C)OC(CO)C2)c1CN. The van der Waals surface area contributed by atoms with E-state index in [4.69, 9.17) is 10.5 Å². The van der Waals surface area contributed by atoms with Gasteiger partial charge in [-0.05, 0) is 25.3 Å². The molecule has 1 fully saturated rings. The van der Waals surface area contributed by atoms with Crippen LogP contribution in [0.1, 0.15) is 12.5 Å². The van der Waals surface area contributed by atoms with Gasteiger partial charge in [0.05, 0.1) is 18.8 Å². The van der Waals surface area contributed by atoms with Gasteiger partial charge in [-0.1, -0.05) is 6.07 Å². The number of morpholine rings is 1. The standard InChI is InChI=1S/C14H22N2O2S/c1-10-7-16(8-11(9-17)18-10)13-4-3-5-14(19-2)12(13)6-15/h3-5,10-11,17H,6-9,15H2,1-2H3. The summed E-state index contributed by atoms with van der Waals surface area (Å²) < 4.78 is 5.69. The van der Waals surface area contributed by atoms with E-state index in [2.05, 4.69) is 29.4 Å². The Balaban J connectivity index is 2.30. The first-order valence-electron chi connectivity index (χ1n) is 6.56. The molecule has 1 saturated heterocycles. The number of rotatable bonds is 4. The topological polar surface area (TPSA) is 58.7 Å². The lowest BCUT2D eigenvalue weighted by Gasteiger charge is -2.38. The van der Waals surface area contributed by atoms with Crippen molar-refractivity contribution < 1.29 is 9.84 Å². The van der Waals surface area contributed by atoms with Crippen molar-refractivity contribution in [3.8, 4) is 0 Å². The summed E-state index contributed by atoms with van der Waals surface area (Å²) in [4.78, 5) is 3.50. The summed E-state index contributed by atoms with van der Waals surface area (Å²) in [6.45, 7) is 4.17. The zero-order valence-corrected chi connectivity index (χ0v) is 12.3. The fourth-order valence-corrected chi connectivity index (χ4v) is 3.24. The lowest BCUT2D eigenvalue weighted by atomic mass is 10.1. The molecule has 0 spiro atoms. The zero-order valence-electron chi connectivity index (χ0n) is 11.5. The number of nitrogens with zero attached hydrogens (tertiary/aromatic N) is 1. The highest BCUT2D eigenvalue weighted by molar-refractivity contribution is 7.98. The van der Waals surface area contributed by atoms with Gasteiger partial charge in [-0.25, -0.2) is 0 Å². The van der Waals surface area contributed by atoms with E-state index in [-0.39, 0.29) is 18.8 Å². The zero-order chi connectivity index (χ0) is 13.8. The van der Waals surface area contributed by atoms with Crippen LogP contribution in [0.4, 0.5) is 5.69 Å². The van der Waals surface area contributed by atoms with Gasteiger partial charge in [-0.3, -0.25) is 0 Å². The summed E-state index contributed by atoms with van der Waals surface area (Å²) >= 11 is 1.72. The number of benzene rings is 1. The maximum atomic E-state index is 9.32. The molecule has 0 aliphatic carbocycles. The average Bonchev–Trinajstić information content (AvgIpc) is 2.45. The van der Waals surface area contributed by atoms with Gasteiger partial charge in [0.2, 0.25) is 0 Å². The van der Waals surface area contributed by atoms with Crippen LogP contribution < -0.4 is 10.6 Å². The molecule has 2 unspecified atom stereocenters. The second-order valence-electron chi connectivity index (χ2n) is 4.82. The van der Waals surface area contributed by atoms with Crippen LogP contribution in [0.5, 0.6) is 0 Å². The Morgan fingerprint density at radius 3 is 2.89 bits per heavy atom. The summed E-state index contributed by atoms with van der Waals surface area (Å²) in [5.41, 5.74) is 8.27. The Morgan fingerprint density at radius 2 is 2.26 bits per heavy atom. The lowest BCUT2D eigenvalue weighted by Crippen LogP contribution is -2.48. The van der Waals surface area contributed by atoms with E-state index in [9.17, 15) is 5.11 Å². The van der Waals surface area contributed by atoms with Crippen molar-refractivity contribution in [3.05, 3.63) is 23.8 Å². The summed E-state index contributed by atoms with van der Waals surface area (Å²) in [6, 6.07) is 6.27. The molecule has 106 valence electrons. The number of hydrogen-bond acceptors (Lipinski definition) is 5. The Bertz CT molecular complexity index is 428. The van der Waals surface area contributed by atoms with Crippen LogP contribution in [0.25, 0.3) is 0 Å². The van der Waals surface area contributed by atoms with Crippen LogP contribution in [0.2, 0.25) is 0 Å². The van der Waals surface area contributed by atoms with Crippen LogP contribution >= 0.6 is 11.8 Å². The molecule has 3 N–H and O–H groups in total. The molecule has 1 aromatic carbocycles. The van der Waals surface area contributed by atoms with E-state index in [1.54, 1.807) is 11.8 Å². The molecule has 1 heterocycles. The van der Waals surface area contributed by atoms with Gasteiger partial charge in [0.25, 0.3) is 0 Å². The third-order valence-corrected chi connectivity index (χ3v) is 4.23. The molecule has 19 heavy (non-hydrogen) atoms. The number of nitrogens with two attached hydrogens (primary N) is 1. The van der Waals surface area contributed by atoms with Gasteiger partial charge in [0.1, 0.15) is 0 Å². The molecule has 0 aromatic heterocycles. The van der Waals surface area contributed by atoms with Crippen molar-refractivity contribution >= 4 is 17.4 Å². The predicted molar refractivity (Wildman–Crippen MR) is 79.7 cm³/mol. The van der Waals surface area contributed by atoms with Crippen LogP contribution in [-0.2, 0) is 11.3 Å². The Morgan fingerprint density at radius 1 is 1.47 bits per heavy atom. The second-order valence-corrected chi connectivity index (χ2v) is 5.67. The molecule has 2 atom stereocenters. The van der Waals surface area contributed by atoms with E-state index in [0.717, 1.165) is 6.54 Å². The normalized spacial score (nSPS) is 23.7. The highest BCUT2D eigenvalue weighted by atomic mass is 32.2. The number of hydrogen-bond donors (Lipinski definition) is 2. The van der Waals surface area contributed by atoms with Crippen molar-refractivity contribution in [2.24, 2.45) is 5.73 Å². The monoisotopic (exact) mass is 282 g/mol. The van der Waals surface area contributed by atoms with Crippen molar-refractivity contribution in [3.63, 3.8) is 0 Å². The third kappa shape index (κ3) is 3.23. The van der Waals surface area contributed by atoms with Gasteiger partial charge in [0, 0.05) is 35.8 Å². The van der Waals surface area contributed by atoms with Crippen molar-refractivity contribution in [2.45, 2.75) is 30.6 Å². The highest BCUT2D eigenvalue weighted by Gasteiger charge is 2.26. The molecule has 1 aliphatic heterocycles. The minimum absolute atomic E-state index is 0.0566. The Kier molecular flexibility index (Phi) is 5.10. The molecule has 0 bridgehead atoms. The lowest BCUT2D eigenvalue weighted by molar-refractivity contribution is -0.0421. The van der Waals surface area contributed by atoms with Gasteiger partial charge >= 0.3 is 0 Å². The van der Waals surface area contributed by atoms with E-state index >= 15 is 0 Å². The number of anilines is 1. The van der Waals surface area contributed by atoms with Crippen LogP contribution in [-0.4, -0.2) is 43.3 Å². The maximum Gasteiger partial charge on any atom is 0.0984 e. The molecule has 0 radical (unpaired) electrons. The van der Waals surface area contributed by atoms with Gasteiger partial charge in [0.15, 0.2) is 0 Å². The second kappa shape index (κ2) is 6.61. The van der Waals surface area contributed by atoms with E-state index in [0.29, 0.717) is 13.1 Å². The van der Waals surface area contributed by atoms with Gasteiger partial charge in [-0.2, -0.15) is 0 Å². The molecule has 4 nitrogen and oxygen atoms in total. The van der Waals surface area contributed by atoms with Crippen LogP contribution in [0, 0.1) is 0 Å². The molecule has 0 amide bonds. The quantitative estimate of drug-likeness (QED) is 0.819. The first-order chi connectivity index (χ1) is 9.19. The first kappa shape index (κ1) is 14.7. The first-order valence-corrected chi connectivity index (χ1v) is 7.79. The maximum absolute atomic E-state index is 9.32. The Hall–Kier alpha value is -0.750. The number of thioether (sulfide) groups is 1. The van der Waals surface area contributed by atoms with E-state index < -0.39 is 0 Å². The summed E-state index contributed by atoms with van der Waals surface area (Å²) in [5, 5.41) is 9.32. The Labute approximate surface area is 118 Å². The fraction of sp³-hybridized carbons (Fsp3) is 0.571. The molecule has 1 aromatic rings. The van der Waals surface area contributed by atoms with Crippen molar-refractivity contribution in [1.82, 2.24) is 0 Å². The number of aliphatic hydroxyl groups is 1. The van der Waals surface area contributed by atoms with E-state index in [1.165, 1.54) is 16.1 Å². The predicted octanol–water partition coefficient (Wildman–Crippen LogP) is 1.45. The average molecular weight is 282 g/mol. The van der Waals surface area contributed by atoms with Gasteiger partial charge < -0.3 is 20.5 Å². The van der Waals surface area contributed by atoms with Gasteiger partial charge in [-0.15, -0.1) is 11.8 Å². The number of aliphatic hydroxyl groups excluding tert-OH is 1. The van der Waals surface area contributed by atoms with Crippen molar-refractivity contribution in [1.29, 1.82) is 0 Å². The largest absolute Gasteiger partial charge is 0.394 e. The number of ether oxygens (including phenoxy) is 1. The van der Waals surface area contributed by atoms with Crippen LogP contribution in [0.15, 0.2) is 23.1 Å². The molecular formula is C14H22N2O2S. The minimum Gasteiger partial charge on any atom is -0.394 e. The molecule has 2 rings (SSSR count). The minimum atomic E-state index is -0.118. The smallest absolute Gasteiger partial charge is 0.0984 e. The molecular weight excluding hydrogens is 260 g/mol. The van der Waals surface area contributed by atoms with Crippen LogP contribution in [0.3, 0.4) is 0 Å².